The van der Waals surface area contributed by atoms with Crippen LogP contribution in [0.5, 0.6) is 5.75 Å². The Morgan fingerprint density at radius 1 is 1.26 bits per heavy atom. The molecule has 0 aliphatic rings. The molecule has 0 bridgehead atoms. The van der Waals surface area contributed by atoms with Crippen LogP contribution in [-0.2, 0) is 0 Å². The highest BCUT2D eigenvalue weighted by atomic mass is 79.9. The van der Waals surface area contributed by atoms with Gasteiger partial charge in [0.25, 0.3) is 0 Å². The van der Waals surface area contributed by atoms with E-state index in [2.05, 4.69) is 15.9 Å². The van der Waals surface area contributed by atoms with E-state index in [4.69, 9.17) is 16.3 Å². The zero-order valence-corrected chi connectivity index (χ0v) is 12.4. The van der Waals surface area contributed by atoms with Gasteiger partial charge in [-0.2, -0.15) is 0 Å². The van der Waals surface area contributed by atoms with E-state index in [-0.39, 0.29) is 0 Å². The fourth-order valence-corrected chi connectivity index (χ4v) is 2.54. The highest BCUT2D eigenvalue weighted by molar-refractivity contribution is 9.10. The van der Waals surface area contributed by atoms with Gasteiger partial charge in [0.05, 0.1) is 11.6 Å². The predicted octanol–water partition coefficient (Wildman–Crippen LogP) is 4.33. The third-order valence-electron chi connectivity index (χ3n) is 2.74. The van der Waals surface area contributed by atoms with Crippen molar-refractivity contribution in [1.29, 1.82) is 0 Å². The van der Waals surface area contributed by atoms with Crippen molar-refractivity contribution >= 4 is 27.5 Å². The Bertz CT molecular complexity index is 604. The van der Waals surface area contributed by atoms with E-state index in [1.807, 2.05) is 0 Å². The Balaban J connectivity index is 2.41. The van der Waals surface area contributed by atoms with E-state index < -0.39 is 11.9 Å². The second-order valence-electron chi connectivity index (χ2n) is 3.96. The minimum absolute atomic E-state index is 0.320. The van der Waals surface area contributed by atoms with Crippen molar-refractivity contribution in [3.05, 3.63) is 62.8 Å². The van der Waals surface area contributed by atoms with Crippen molar-refractivity contribution < 1.29 is 14.2 Å². The Hall–Kier alpha value is -1.10. The normalized spacial score (nSPS) is 12.3. The van der Waals surface area contributed by atoms with Crippen LogP contribution in [0, 0.1) is 5.82 Å². The van der Waals surface area contributed by atoms with Crippen molar-refractivity contribution in [3.63, 3.8) is 0 Å². The van der Waals surface area contributed by atoms with Crippen LogP contribution in [0.15, 0.2) is 40.9 Å². The molecule has 0 fully saturated rings. The Morgan fingerprint density at radius 2 is 2.00 bits per heavy atom. The van der Waals surface area contributed by atoms with Gasteiger partial charge in [0.2, 0.25) is 0 Å². The first-order valence-corrected chi connectivity index (χ1v) is 6.66. The van der Waals surface area contributed by atoms with E-state index in [1.165, 1.54) is 18.2 Å². The van der Waals surface area contributed by atoms with Crippen molar-refractivity contribution in [2.45, 2.75) is 6.10 Å². The summed E-state index contributed by atoms with van der Waals surface area (Å²) in [6, 6.07) is 9.04. The Morgan fingerprint density at radius 3 is 2.63 bits per heavy atom. The fraction of sp³-hybridized carbons (Fsp3) is 0.143. The average Bonchev–Trinajstić information content (AvgIpc) is 2.40. The number of benzene rings is 2. The van der Waals surface area contributed by atoms with E-state index >= 15 is 0 Å². The molecule has 0 spiro atoms. The molecule has 100 valence electrons. The van der Waals surface area contributed by atoms with Crippen LogP contribution < -0.4 is 4.74 Å². The molecule has 2 rings (SSSR count). The van der Waals surface area contributed by atoms with E-state index in [0.29, 0.717) is 26.4 Å². The quantitative estimate of drug-likeness (QED) is 0.897. The minimum atomic E-state index is -0.995. The summed E-state index contributed by atoms with van der Waals surface area (Å²) in [7, 11) is 1.56. The van der Waals surface area contributed by atoms with Gasteiger partial charge in [-0.1, -0.05) is 17.7 Å². The molecule has 0 radical (unpaired) electrons. The smallest absolute Gasteiger partial charge is 0.133 e. The molecule has 1 unspecified atom stereocenters. The number of hydrogen-bond donors (Lipinski definition) is 1. The van der Waals surface area contributed by atoms with Crippen LogP contribution in [0.25, 0.3) is 0 Å². The third-order valence-corrected chi connectivity index (χ3v) is 3.71. The van der Waals surface area contributed by atoms with Gasteiger partial charge in [0.15, 0.2) is 0 Å². The molecule has 0 amide bonds. The van der Waals surface area contributed by atoms with Gasteiger partial charge in [-0.3, -0.25) is 0 Å². The van der Waals surface area contributed by atoms with Crippen LogP contribution in [0.4, 0.5) is 4.39 Å². The molecule has 5 heteroatoms. The van der Waals surface area contributed by atoms with Crippen LogP contribution in [0.2, 0.25) is 5.02 Å². The number of ether oxygens (including phenoxy) is 1. The number of aliphatic hydroxyl groups excluding tert-OH is 1. The molecule has 0 aliphatic carbocycles. The summed E-state index contributed by atoms with van der Waals surface area (Å²) in [4.78, 5) is 0. The van der Waals surface area contributed by atoms with Crippen LogP contribution in [0.1, 0.15) is 17.2 Å². The molecule has 19 heavy (non-hydrogen) atoms. The topological polar surface area (TPSA) is 29.5 Å². The summed E-state index contributed by atoms with van der Waals surface area (Å²) in [6.45, 7) is 0. The number of hydrogen-bond acceptors (Lipinski definition) is 2. The van der Waals surface area contributed by atoms with Crippen molar-refractivity contribution in [2.24, 2.45) is 0 Å². The standard InChI is InChI=1S/C14H11BrClFO2/c1-19-13-5-2-8(6-11(13)15)14(18)10-7-9(17)3-4-12(10)16/h2-7,14,18H,1H3. The van der Waals surface area contributed by atoms with Crippen molar-refractivity contribution in [2.75, 3.05) is 7.11 Å². The summed E-state index contributed by atoms with van der Waals surface area (Å²) in [5.41, 5.74) is 0.930. The highest BCUT2D eigenvalue weighted by Crippen LogP contribution is 2.33. The maximum Gasteiger partial charge on any atom is 0.133 e. The van der Waals surface area contributed by atoms with Gasteiger partial charge >= 0.3 is 0 Å². The van der Waals surface area contributed by atoms with E-state index in [0.717, 1.165) is 0 Å². The first-order chi connectivity index (χ1) is 9.02. The predicted molar refractivity (Wildman–Crippen MR) is 76.2 cm³/mol. The van der Waals surface area contributed by atoms with E-state index in [9.17, 15) is 9.50 Å². The lowest BCUT2D eigenvalue weighted by molar-refractivity contribution is 0.219. The molecule has 2 nitrogen and oxygen atoms in total. The SMILES string of the molecule is COc1ccc(C(O)c2cc(F)ccc2Cl)cc1Br. The van der Waals surface area contributed by atoms with Gasteiger partial charge in [-0.25, -0.2) is 4.39 Å². The minimum Gasteiger partial charge on any atom is -0.496 e. The van der Waals surface area contributed by atoms with Crippen molar-refractivity contribution in [3.8, 4) is 5.75 Å². The molecule has 0 heterocycles. The Labute approximate surface area is 123 Å². The molecule has 0 aliphatic heterocycles. The molecule has 1 atom stereocenters. The van der Waals surface area contributed by atoms with E-state index in [1.54, 1.807) is 25.3 Å². The maximum atomic E-state index is 13.2. The van der Waals surface area contributed by atoms with Gasteiger partial charge in [0, 0.05) is 10.6 Å². The number of halogens is 3. The molecule has 0 saturated carbocycles. The lowest BCUT2D eigenvalue weighted by Gasteiger charge is -2.14. The van der Waals surface area contributed by atoms with Gasteiger partial charge in [0.1, 0.15) is 17.7 Å². The average molecular weight is 346 g/mol. The van der Waals surface area contributed by atoms with Gasteiger partial charge in [-0.15, -0.1) is 0 Å². The third kappa shape index (κ3) is 3.08. The Kier molecular flexibility index (Phi) is 4.45. The second-order valence-corrected chi connectivity index (χ2v) is 5.22. The molecular formula is C14H11BrClFO2. The lowest BCUT2D eigenvalue weighted by atomic mass is 10.0. The van der Waals surface area contributed by atoms with Crippen LogP contribution >= 0.6 is 27.5 Å². The summed E-state index contributed by atoms with van der Waals surface area (Å²) in [6.07, 6.45) is -0.995. The molecule has 2 aromatic carbocycles. The maximum absolute atomic E-state index is 13.2. The lowest BCUT2D eigenvalue weighted by Crippen LogP contribution is -2.01. The molecule has 1 N–H and O–H groups in total. The van der Waals surface area contributed by atoms with Crippen LogP contribution in [0.3, 0.4) is 0 Å². The monoisotopic (exact) mass is 344 g/mol. The number of methoxy groups -OCH3 is 1. The summed E-state index contributed by atoms with van der Waals surface area (Å²) in [5, 5.41) is 10.6. The molecular weight excluding hydrogens is 335 g/mol. The highest BCUT2D eigenvalue weighted by Gasteiger charge is 2.16. The first-order valence-electron chi connectivity index (χ1n) is 5.49. The summed E-state index contributed by atoms with van der Waals surface area (Å²) < 4.78 is 19.0. The summed E-state index contributed by atoms with van der Waals surface area (Å²) in [5.74, 6) is 0.215. The van der Waals surface area contributed by atoms with Gasteiger partial charge < -0.3 is 9.84 Å². The van der Waals surface area contributed by atoms with Crippen molar-refractivity contribution in [1.82, 2.24) is 0 Å². The van der Waals surface area contributed by atoms with Gasteiger partial charge in [-0.05, 0) is 51.8 Å². The number of aliphatic hydroxyl groups is 1. The molecule has 0 aromatic heterocycles. The van der Waals surface area contributed by atoms with Crippen LogP contribution in [-0.4, -0.2) is 12.2 Å². The molecule has 0 saturated heterocycles. The largest absolute Gasteiger partial charge is 0.496 e. The molecule has 2 aromatic rings. The first kappa shape index (κ1) is 14.3. The second kappa shape index (κ2) is 5.90. The summed E-state index contributed by atoms with van der Waals surface area (Å²) >= 11 is 9.31. The fourth-order valence-electron chi connectivity index (χ4n) is 1.76. The zero-order chi connectivity index (χ0) is 14.0. The number of rotatable bonds is 3. The zero-order valence-electron chi connectivity index (χ0n) is 10.0.